The van der Waals surface area contributed by atoms with Crippen molar-refractivity contribution in [3.8, 4) is 0 Å². The summed E-state index contributed by atoms with van der Waals surface area (Å²) >= 11 is 0. The minimum absolute atomic E-state index is 0.696. The second kappa shape index (κ2) is 4.83. The Morgan fingerprint density at radius 2 is 2.33 bits per heavy atom. The Morgan fingerprint density at radius 3 is 3.00 bits per heavy atom. The maximum atomic E-state index is 5.49. The van der Waals surface area contributed by atoms with Gasteiger partial charge in [0.05, 0.1) is 13.2 Å². The van der Waals surface area contributed by atoms with Gasteiger partial charge in [-0.3, -0.25) is 4.90 Å². The molecule has 2 heteroatoms. The Hall–Kier alpha value is -0.0800. The van der Waals surface area contributed by atoms with E-state index in [-0.39, 0.29) is 0 Å². The fourth-order valence-electron chi connectivity index (χ4n) is 1.67. The number of ether oxygens (including phenoxy) is 1. The summed E-state index contributed by atoms with van der Waals surface area (Å²) < 4.78 is 5.49. The smallest absolute Gasteiger partial charge is 0.0593 e. The normalized spacial score (nSPS) is 29.8. The summed E-state index contributed by atoms with van der Waals surface area (Å²) in [5.74, 6) is 0.696. The summed E-state index contributed by atoms with van der Waals surface area (Å²) in [6.07, 6.45) is 1.24. The van der Waals surface area contributed by atoms with Crippen LogP contribution in [0, 0.1) is 5.92 Å². The molecule has 12 heavy (non-hydrogen) atoms. The zero-order valence-corrected chi connectivity index (χ0v) is 8.55. The molecular formula is C10H21NO. The average Bonchev–Trinajstić information content (AvgIpc) is 2.28. The molecule has 0 aromatic heterocycles. The molecule has 0 aliphatic carbocycles. The molecule has 1 aliphatic heterocycles. The van der Waals surface area contributed by atoms with E-state index >= 15 is 0 Å². The molecule has 0 saturated carbocycles. The molecule has 2 nitrogen and oxygen atoms in total. The molecule has 1 fully saturated rings. The molecule has 1 saturated heterocycles. The van der Waals surface area contributed by atoms with Crippen molar-refractivity contribution in [2.75, 3.05) is 26.3 Å². The van der Waals surface area contributed by atoms with Gasteiger partial charge in [0.1, 0.15) is 0 Å². The predicted molar refractivity (Wildman–Crippen MR) is 51.3 cm³/mol. The fraction of sp³-hybridized carbons (Fsp3) is 1.00. The second-order valence-corrected chi connectivity index (χ2v) is 3.93. The molecule has 1 aliphatic rings. The van der Waals surface area contributed by atoms with E-state index in [1.165, 1.54) is 13.0 Å². The summed E-state index contributed by atoms with van der Waals surface area (Å²) in [6.45, 7) is 11.0. The van der Waals surface area contributed by atoms with Gasteiger partial charge in [-0.1, -0.05) is 13.8 Å². The van der Waals surface area contributed by atoms with Crippen molar-refractivity contribution in [1.82, 2.24) is 4.90 Å². The van der Waals surface area contributed by atoms with Crippen LogP contribution in [0.5, 0.6) is 0 Å². The fourth-order valence-corrected chi connectivity index (χ4v) is 1.67. The van der Waals surface area contributed by atoms with Crippen LogP contribution in [-0.2, 0) is 4.74 Å². The van der Waals surface area contributed by atoms with Crippen LogP contribution in [0.15, 0.2) is 0 Å². The van der Waals surface area contributed by atoms with E-state index in [1.807, 2.05) is 0 Å². The number of hydrogen-bond donors (Lipinski definition) is 0. The number of rotatable bonds is 2. The highest BCUT2D eigenvalue weighted by molar-refractivity contribution is 4.70. The lowest BCUT2D eigenvalue weighted by Gasteiger charge is -2.27. The van der Waals surface area contributed by atoms with Gasteiger partial charge >= 0.3 is 0 Å². The van der Waals surface area contributed by atoms with E-state index in [2.05, 4.69) is 25.7 Å². The Bertz CT molecular complexity index is 127. The van der Waals surface area contributed by atoms with Crippen LogP contribution >= 0.6 is 0 Å². The third-order valence-corrected chi connectivity index (χ3v) is 2.69. The van der Waals surface area contributed by atoms with Crippen LogP contribution in [0.25, 0.3) is 0 Å². The van der Waals surface area contributed by atoms with Crippen molar-refractivity contribution in [2.45, 2.75) is 33.2 Å². The van der Waals surface area contributed by atoms with Gasteiger partial charge in [-0.15, -0.1) is 0 Å². The van der Waals surface area contributed by atoms with E-state index < -0.39 is 0 Å². The van der Waals surface area contributed by atoms with Gasteiger partial charge in [-0.25, -0.2) is 0 Å². The van der Waals surface area contributed by atoms with E-state index in [1.54, 1.807) is 0 Å². The third kappa shape index (κ3) is 2.76. The molecule has 0 spiro atoms. The first kappa shape index (κ1) is 10.0. The minimum Gasteiger partial charge on any atom is -0.380 e. The van der Waals surface area contributed by atoms with E-state index in [9.17, 15) is 0 Å². The summed E-state index contributed by atoms with van der Waals surface area (Å²) in [6, 6.07) is 0.717. The zero-order valence-electron chi connectivity index (χ0n) is 8.55. The highest BCUT2D eigenvalue weighted by Gasteiger charge is 2.18. The standard InChI is InChI=1S/C10H21NO/c1-4-10(3)11-5-6-12-8-9(2)7-11/h9-10H,4-8H2,1-3H3. The van der Waals surface area contributed by atoms with Gasteiger partial charge in [0.15, 0.2) is 0 Å². The van der Waals surface area contributed by atoms with E-state index in [0.717, 1.165) is 19.8 Å². The Balaban J connectivity index is 2.40. The Kier molecular flexibility index (Phi) is 4.02. The first-order valence-corrected chi connectivity index (χ1v) is 5.05. The summed E-state index contributed by atoms with van der Waals surface area (Å²) in [7, 11) is 0. The molecule has 0 amide bonds. The second-order valence-electron chi connectivity index (χ2n) is 3.93. The summed E-state index contributed by atoms with van der Waals surface area (Å²) in [5.41, 5.74) is 0. The first-order valence-electron chi connectivity index (χ1n) is 5.05. The number of hydrogen-bond acceptors (Lipinski definition) is 2. The predicted octanol–water partition coefficient (Wildman–Crippen LogP) is 1.75. The third-order valence-electron chi connectivity index (χ3n) is 2.69. The minimum atomic E-state index is 0.696. The topological polar surface area (TPSA) is 12.5 Å². The van der Waals surface area contributed by atoms with Crippen molar-refractivity contribution in [2.24, 2.45) is 5.92 Å². The summed E-state index contributed by atoms with van der Waals surface area (Å²) in [4.78, 5) is 2.54. The van der Waals surface area contributed by atoms with Crippen LogP contribution in [0.2, 0.25) is 0 Å². The van der Waals surface area contributed by atoms with Crippen LogP contribution in [0.4, 0.5) is 0 Å². The molecule has 2 unspecified atom stereocenters. The number of nitrogens with zero attached hydrogens (tertiary/aromatic N) is 1. The molecule has 0 bridgehead atoms. The van der Waals surface area contributed by atoms with E-state index in [0.29, 0.717) is 12.0 Å². The van der Waals surface area contributed by atoms with Crippen molar-refractivity contribution in [3.63, 3.8) is 0 Å². The highest BCUT2D eigenvalue weighted by Crippen LogP contribution is 2.10. The van der Waals surface area contributed by atoms with Gasteiger partial charge in [0.25, 0.3) is 0 Å². The summed E-state index contributed by atoms with van der Waals surface area (Å²) in [5, 5.41) is 0. The van der Waals surface area contributed by atoms with Gasteiger partial charge in [0.2, 0.25) is 0 Å². The van der Waals surface area contributed by atoms with Gasteiger partial charge < -0.3 is 4.74 Å². The SMILES string of the molecule is CCC(C)N1CCOCC(C)C1. The molecule has 0 N–H and O–H groups in total. The van der Waals surface area contributed by atoms with Crippen molar-refractivity contribution in [1.29, 1.82) is 0 Å². The van der Waals surface area contributed by atoms with Crippen molar-refractivity contribution < 1.29 is 4.74 Å². The van der Waals surface area contributed by atoms with Crippen molar-refractivity contribution >= 4 is 0 Å². The Morgan fingerprint density at radius 1 is 1.58 bits per heavy atom. The van der Waals surface area contributed by atoms with Crippen molar-refractivity contribution in [3.05, 3.63) is 0 Å². The largest absolute Gasteiger partial charge is 0.380 e. The molecule has 1 rings (SSSR count). The molecule has 1 heterocycles. The monoisotopic (exact) mass is 171 g/mol. The molecule has 2 atom stereocenters. The average molecular weight is 171 g/mol. The van der Waals surface area contributed by atoms with Crippen LogP contribution < -0.4 is 0 Å². The quantitative estimate of drug-likeness (QED) is 0.627. The van der Waals surface area contributed by atoms with Crippen LogP contribution in [-0.4, -0.2) is 37.2 Å². The van der Waals surface area contributed by atoms with Gasteiger partial charge in [-0.2, -0.15) is 0 Å². The van der Waals surface area contributed by atoms with Gasteiger partial charge in [0, 0.05) is 19.1 Å². The lowest BCUT2D eigenvalue weighted by Crippen LogP contribution is -2.36. The first-order chi connectivity index (χ1) is 5.74. The molecule has 0 aromatic rings. The van der Waals surface area contributed by atoms with Crippen LogP contribution in [0.3, 0.4) is 0 Å². The lowest BCUT2D eigenvalue weighted by atomic mass is 10.1. The molecule has 0 aromatic carbocycles. The van der Waals surface area contributed by atoms with Crippen LogP contribution in [0.1, 0.15) is 27.2 Å². The lowest BCUT2D eigenvalue weighted by molar-refractivity contribution is 0.123. The molecular weight excluding hydrogens is 150 g/mol. The molecule has 0 radical (unpaired) electrons. The maximum absolute atomic E-state index is 5.49. The maximum Gasteiger partial charge on any atom is 0.0593 e. The zero-order chi connectivity index (χ0) is 8.97. The highest BCUT2D eigenvalue weighted by atomic mass is 16.5. The molecule has 72 valence electrons. The van der Waals surface area contributed by atoms with Gasteiger partial charge in [-0.05, 0) is 19.3 Å². The Labute approximate surface area is 75.9 Å². The van der Waals surface area contributed by atoms with E-state index in [4.69, 9.17) is 4.74 Å².